The van der Waals surface area contributed by atoms with E-state index in [1.54, 1.807) is 6.20 Å². The van der Waals surface area contributed by atoms with Crippen LogP contribution >= 0.6 is 0 Å². The smallest absolute Gasteiger partial charge is 0.164 e. The van der Waals surface area contributed by atoms with Gasteiger partial charge in [-0.15, -0.1) is 34.9 Å². The molecule has 2 heterocycles. The normalized spacial score (nSPS) is 12.1. The van der Waals surface area contributed by atoms with Crippen LogP contribution < -0.4 is 0 Å². The van der Waals surface area contributed by atoms with Gasteiger partial charge in [0.1, 0.15) is 5.76 Å². The summed E-state index contributed by atoms with van der Waals surface area (Å²) >= 11 is 0. The minimum absolute atomic E-state index is 0. The van der Waals surface area contributed by atoms with Crippen molar-refractivity contribution in [2.45, 2.75) is 81.1 Å². The van der Waals surface area contributed by atoms with E-state index in [1.807, 2.05) is 53.8 Å². The molecule has 1 radical (unpaired) electrons. The fourth-order valence-electron chi connectivity index (χ4n) is 3.56. The summed E-state index contributed by atoms with van der Waals surface area (Å²) in [6, 6.07) is 14.1. The number of nitrogens with zero attached hydrogens (tertiary/aromatic N) is 2. The Kier molecular flexibility index (Phi) is 11.7. The molecule has 197 valence electrons. The van der Waals surface area contributed by atoms with Gasteiger partial charge in [-0.25, -0.2) is 0 Å². The predicted octanol–water partition coefficient (Wildman–Crippen LogP) is 8.40. The van der Waals surface area contributed by atoms with E-state index < -0.39 is 5.41 Å². The van der Waals surface area contributed by atoms with E-state index in [1.165, 1.54) is 17.2 Å². The summed E-state index contributed by atoms with van der Waals surface area (Å²) in [6.45, 7) is 17.7. The number of aliphatic hydroxyl groups is 1. The van der Waals surface area contributed by atoms with Crippen molar-refractivity contribution in [2.75, 3.05) is 0 Å². The number of carbonyl (C=O) groups excluding carboxylic acids is 1. The molecule has 4 nitrogen and oxygen atoms in total. The minimum Gasteiger partial charge on any atom is -0.512 e. The van der Waals surface area contributed by atoms with Gasteiger partial charge in [-0.3, -0.25) is 9.78 Å². The summed E-state index contributed by atoms with van der Waals surface area (Å²) in [5.41, 5.74) is 4.78. The number of pyridine rings is 2. The number of hydrogen-bond acceptors (Lipinski definition) is 4. The molecular formula is C31H41IrN2O2-. The van der Waals surface area contributed by atoms with Crippen molar-refractivity contribution in [3.05, 3.63) is 71.8 Å². The van der Waals surface area contributed by atoms with Crippen molar-refractivity contribution in [1.29, 1.82) is 0 Å². The van der Waals surface area contributed by atoms with E-state index in [9.17, 15) is 9.90 Å². The molecule has 3 rings (SSSR count). The maximum Gasteiger partial charge on any atom is 0.164 e. The van der Waals surface area contributed by atoms with Gasteiger partial charge in [0.2, 0.25) is 0 Å². The molecule has 3 aromatic rings. The number of ketones is 1. The van der Waals surface area contributed by atoms with Crippen molar-refractivity contribution in [3.63, 3.8) is 0 Å². The van der Waals surface area contributed by atoms with Gasteiger partial charge >= 0.3 is 0 Å². The first-order valence-corrected chi connectivity index (χ1v) is 12.5. The topological polar surface area (TPSA) is 63.1 Å². The second-order valence-corrected chi connectivity index (χ2v) is 11.2. The van der Waals surface area contributed by atoms with Crippen LogP contribution in [0.15, 0.2) is 54.6 Å². The number of rotatable bonds is 5. The van der Waals surface area contributed by atoms with Gasteiger partial charge < -0.3 is 10.1 Å². The van der Waals surface area contributed by atoms with E-state index in [2.05, 4.69) is 61.1 Å². The van der Waals surface area contributed by atoms with Crippen molar-refractivity contribution in [3.8, 4) is 11.3 Å². The molecule has 0 atom stereocenters. The second-order valence-electron chi connectivity index (χ2n) is 11.2. The Labute approximate surface area is 231 Å². The molecular weight excluding hydrogens is 625 g/mol. The van der Waals surface area contributed by atoms with Crippen LogP contribution in [0, 0.1) is 23.8 Å². The van der Waals surface area contributed by atoms with Crippen molar-refractivity contribution in [1.82, 2.24) is 9.97 Å². The largest absolute Gasteiger partial charge is 0.512 e. The number of benzene rings is 1. The van der Waals surface area contributed by atoms with Gasteiger partial charge in [-0.05, 0) is 23.1 Å². The monoisotopic (exact) mass is 666 g/mol. The van der Waals surface area contributed by atoms with Gasteiger partial charge in [0.25, 0.3) is 0 Å². The second kappa shape index (κ2) is 13.3. The molecule has 1 N–H and O–H groups in total. The molecule has 0 saturated heterocycles. The number of allylic oxidation sites excluding steroid dienone is 2. The van der Waals surface area contributed by atoms with E-state index in [0.29, 0.717) is 5.92 Å². The van der Waals surface area contributed by atoms with Crippen LogP contribution in [0.25, 0.3) is 22.2 Å². The molecule has 2 aromatic heterocycles. The number of aromatic nitrogens is 2. The van der Waals surface area contributed by atoms with E-state index in [-0.39, 0.29) is 37.1 Å². The third kappa shape index (κ3) is 8.94. The molecule has 0 aliphatic carbocycles. The van der Waals surface area contributed by atoms with Crippen LogP contribution in [0.2, 0.25) is 0 Å². The Balaban J connectivity index is 0.000000402. The maximum atomic E-state index is 11.5. The molecule has 0 aliphatic rings. The van der Waals surface area contributed by atoms with Gasteiger partial charge in [0, 0.05) is 49.4 Å². The van der Waals surface area contributed by atoms with Crippen molar-refractivity contribution < 1.29 is 30.0 Å². The fourth-order valence-corrected chi connectivity index (χ4v) is 3.56. The molecule has 0 saturated carbocycles. The van der Waals surface area contributed by atoms with Crippen LogP contribution in [0.3, 0.4) is 0 Å². The number of aryl methyl sites for hydroxylation is 1. The summed E-state index contributed by atoms with van der Waals surface area (Å²) in [4.78, 5) is 20.4. The zero-order chi connectivity index (χ0) is 26.4. The van der Waals surface area contributed by atoms with Crippen LogP contribution in [0.5, 0.6) is 0 Å². The first kappa shape index (κ1) is 31.7. The van der Waals surface area contributed by atoms with E-state index in [0.717, 1.165) is 35.0 Å². The van der Waals surface area contributed by atoms with Crippen molar-refractivity contribution in [2.24, 2.45) is 10.8 Å². The van der Waals surface area contributed by atoms with Gasteiger partial charge in [-0.1, -0.05) is 87.3 Å². The summed E-state index contributed by atoms with van der Waals surface area (Å²) in [6.07, 6.45) is 7.30. The number of carbonyl (C=O) groups is 1. The standard InChI is InChI=1S/C20H21N2.C11H20O2.Ir/c1-4-15(5-2)17-9-14(3)10-18(11-17)19-12-16-7-6-8-21-20(16)13-22-19;1-10(2,3)8(12)7-9(13)11(4,5)6;/h6-9,11-13,15H,4-5H2,1-3H3;7,12H,1-6H3;/q-1;;/b;8-7-;. The average Bonchev–Trinajstić information content (AvgIpc) is 2.78. The molecule has 0 unspecified atom stereocenters. The Morgan fingerprint density at radius 3 is 2.22 bits per heavy atom. The average molecular weight is 666 g/mol. The van der Waals surface area contributed by atoms with Gasteiger partial charge in [0.15, 0.2) is 5.78 Å². The zero-order valence-electron chi connectivity index (χ0n) is 23.2. The van der Waals surface area contributed by atoms with E-state index >= 15 is 0 Å². The Morgan fingerprint density at radius 1 is 1.03 bits per heavy atom. The third-order valence-electron chi connectivity index (χ3n) is 6.02. The molecule has 0 fully saturated rings. The van der Waals surface area contributed by atoms with Gasteiger partial charge in [-0.2, -0.15) is 0 Å². The molecule has 0 spiro atoms. The molecule has 1 aromatic carbocycles. The SMILES string of the molecule is CC(C)(C)C(=O)/C=C(\O)C(C)(C)C.CCC(CC)c1cc(C)[c-]c(-c2cc3cccnc3cn2)c1.[Ir]. The molecule has 0 bridgehead atoms. The Bertz CT molecular complexity index is 1180. The molecule has 0 aliphatic heterocycles. The number of aliphatic hydroxyl groups excluding tert-OH is 1. The molecule has 5 heteroatoms. The quantitative estimate of drug-likeness (QED) is 0.169. The minimum atomic E-state index is -0.417. The van der Waals surface area contributed by atoms with Crippen LogP contribution in [-0.2, 0) is 24.9 Å². The fraction of sp³-hybridized carbons (Fsp3) is 0.452. The molecule has 0 amide bonds. The number of fused-ring (bicyclic) bond motifs is 1. The predicted molar refractivity (Wildman–Crippen MR) is 146 cm³/mol. The van der Waals surface area contributed by atoms with Crippen LogP contribution in [-0.4, -0.2) is 20.9 Å². The Hall–Kier alpha value is -2.36. The zero-order valence-corrected chi connectivity index (χ0v) is 25.6. The summed E-state index contributed by atoms with van der Waals surface area (Å²) < 4.78 is 0. The van der Waals surface area contributed by atoms with E-state index in [4.69, 9.17) is 0 Å². The summed E-state index contributed by atoms with van der Waals surface area (Å²) in [5, 5.41) is 10.7. The van der Waals surface area contributed by atoms with Crippen molar-refractivity contribution >= 4 is 16.7 Å². The third-order valence-corrected chi connectivity index (χ3v) is 6.02. The number of hydrogen-bond donors (Lipinski definition) is 1. The maximum absolute atomic E-state index is 11.5. The first-order valence-electron chi connectivity index (χ1n) is 12.5. The van der Waals surface area contributed by atoms with Gasteiger partial charge in [0.05, 0.1) is 5.52 Å². The summed E-state index contributed by atoms with van der Waals surface area (Å²) in [7, 11) is 0. The Morgan fingerprint density at radius 2 is 1.67 bits per heavy atom. The molecule has 36 heavy (non-hydrogen) atoms. The first-order chi connectivity index (χ1) is 16.3. The van der Waals surface area contributed by atoms with Crippen LogP contribution in [0.4, 0.5) is 0 Å². The van der Waals surface area contributed by atoms with Crippen LogP contribution in [0.1, 0.15) is 85.3 Å². The summed E-state index contributed by atoms with van der Waals surface area (Å²) in [5.74, 6) is 0.710.